The molecule has 0 aliphatic rings. The summed E-state index contributed by atoms with van der Waals surface area (Å²) in [5.41, 5.74) is 6.57. The van der Waals surface area contributed by atoms with E-state index in [0.29, 0.717) is 13.1 Å². The number of amides is 2. The van der Waals surface area contributed by atoms with Crippen LogP contribution in [0.5, 0.6) is 0 Å². The Morgan fingerprint density at radius 1 is 0.741 bits per heavy atom. The van der Waals surface area contributed by atoms with Gasteiger partial charge >= 0.3 is 6.03 Å². The third-order valence-electron chi connectivity index (χ3n) is 4.80. The molecule has 3 rings (SSSR count). The first kappa shape index (κ1) is 18.7. The SMILES string of the molecule is Cc1cc(C)c(NC(=O)N(Cc2ccccc2)Cc2ccccc2)cc1C. The molecule has 0 saturated carbocycles. The summed E-state index contributed by atoms with van der Waals surface area (Å²) in [6.07, 6.45) is 0. The number of rotatable bonds is 5. The number of nitrogens with one attached hydrogen (secondary N) is 1. The minimum absolute atomic E-state index is 0.0888. The molecular weight excluding hydrogens is 332 g/mol. The minimum Gasteiger partial charge on any atom is -0.316 e. The van der Waals surface area contributed by atoms with Gasteiger partial charge in [-0.15, -0.1) is 0 Å². The summed E-state index contributed by atoms with van der Waals surface area (Å²) in [6, 6.07) is 24.3. The molecule has 0 spiro atoms. The van der Waals surface area contributed by atoms with Crippen molar-refractivity contribution in [2.75, 3.05) is 5.32 Å². The standard InChI is InChI=1S/C24H26N2O/c1-18-14-20(3)23(15-19(18)2)25-24(27)26(16-21-10-6-4-7-11-21)17-22-12-8-5-9-13-22/h4-15H,16-17H2,1-3H3,(H,25,27). The monoisotopic (exact) mass is 358 g/mol. The van der Waals surface area contributed by atoms with E-state index in [1.165, 1.54) is 11.1 Å². The number of aryl methyl sites for hydroxylation is 3. The third-order valence-corrected chi connectivity index (χ3v) is 4.80. The van der Waals surface area contributed by atoms with E-state index in [4.69, 9.17) is 0 Å². The zero-order valence-electron chi connectivity index (χ0n) is 16.2. The highest BCUT2D eigenvalue weighted by atomic mass is 16.2. The van der Waals surface area contributed by atoms with Crippen LogP contribution in [0.25, 0.3) is 0 Å². The summed E-state index contributed by atoms with van der Waals surface area (Å²) < 4.78 is 0. The molecule has 0 fully saturated rings. The fraction of sp³-hybridized carbons (Fsp3) is 0.208. The van der Waals surface area contributed by atoms with Crippen LogP contribution in [0.2, 0.25) is 0 Å². The number of anilines is 1. The van der Waals surface area contributed by atoms with E-state index in [2.05, 4.69) is 25.2 Å². The number of carbonyl (C=O) groups excluding carboxylic acids is 1. The summed E-state index contributed by atoms with van der Waals surface area (Å²) in [5, 5.41) is 3.11. The van der Waals surface area contributed by atoms with Crippen molar-refractivity contribution < 1.29 is 4.79 Å². The topological polar surface area (TPSA) is 32.3 Å². The summed E-state index contributed by atoms with van der Waals surface area (Å²) in [4.78, 5) is 14.9. The van der Waals surface area contributed by atoms with E-state index in [1.807, 2.05) is 78.6 Å². The van der Waals surface area contributed by atoms with Gasteiger partial charge in [0.1, 0.15) is 0 Å². The summed E-state index contributed by atoms with van der Waals surface area (Å²) in [7, 11) is 0. The molecule has 0 aliphatic carbocycles. The Kier molecular flexibility index (Phi) is 5.92. The fourth-order valence-electron chi connectivity index (χ4n) is 3.10. The molecule has 138 valence electrons. The van der Waals surface area contributed by atoms with Crippen molar-refractivity contribution in [3.05, 3.63) is 101 Å². The maximum atomic E-state index is 13.1. The molecule has 0 aromatic heterocycles. The number of nitrogens with zero attached hydrogens (tertiary/aromatic N) is 1. The summed E-state index contributed by atoms with van der Waals surface area (Å²) >= 11 is 0. The molecule has 0 heterocycles. The van der Waals surface area contributed by atoms with Crippen LogP contribution >= 0.6 is 0 Å². The van der Waals surface area contributed by atoms with Gasteiger partial charge in [-0.05, 0) is 54.7 Å². The zero-order chi connectivity index (χ0) is 19.2. The highest BCUT2D eigenvalue weighted by molar-refractivity contribution is 5.90. The summed E-state index contributed by atoms with van der Waals surface area (Å²) in [6.45, 7) is 7.30. The maximum absolute atomic E-state index is 13.1. The van der Waals surface area contributed by atoms with Crippen molar-refractivity contribution in [1.29, 1.82) is 0 Å². The number of hydrogen-bond donors (Lipinski definition) is 1. The molecule has 0 atom stereocenters. The Bertz CT molecular complexity index is 863. The minimum atomic E-state index is -0.0888. The average molecular weight is 358 g/mol. The Morgan fingerprint density at radius 2 is 1.22 bits per heavy atom. The number of benzene rings is 3. The van der Waals surface area contributed by atoms with Crippen molar-refractivity contribution in [3.8, 4) is 0 Å². The zero-order valence-corrected chi connectivity index (χ0v) is 16.2. The van der Waals surface area contributed by atoms with Crippen LogP contribution in [0.15, 0.2) is 72.8 Å². The van der Waals surface area contributed by atoms with Gasteiger partial charge in [0.15, 0.2) is 0 Å². The van der Waals surface area contributed by atoms with Crippen molar-refractivity contribution in [1.82, 2.24) is 4.90 Å². The molecule has 2 amide bonds. The first-order chi connectivity index (χ1) is 13.0. The maximum Gasteiger partial charge on any atom is 0.322 e. The van der Waals surface area contributed by atoms with Crippen LogP contribution in [-0.4, -0.2) is 10.9 Å². The van der Waals surface area contributed by atoms with Crippen molar-refractivity contribution in [3.63, 3.8) is 0 Å². The smallest absolute Gasteiger partial charge is 0.316 e. The molecule has 3 aromatic rings. The van der Waals surface area contributed by atoms with Crippen LogP contribution in [0.4, 0.5) is 10.5 Å². The van der Waals surface area contributed by atoms with Gasteiger partial charge < -0.3 is 10.2 Å². The molecule has 3 nitrogen and oxygen atoms in total. The third kappa shape index (κ3) is 4.98. The fourth-order valence-corrected chi connectivity index (χ4v) is 3.10. The van der Waals surface area contributed by atoms with Crippen LogP contribution in [0.3, 0.4) is 0 Å². The van der Waals surface area contributed by atoms with Gasteiger partial charge in [0, 0.05) is 18.8 Å². The number of hydrogen-bond acceptors (Lipinski definition) is 1. The first-order valence-corrected chi connectivity index (χ1v) is 9.24. The highest BCUT2D eigenvalue weighted by Crippen LogP contribution is 2.21. The Balaban J connectivity index is 1.82. The molecule has 0 aliphatic heterocycles. The Morgan fingerprint density at radius 3 is 1.74 bits per heavy atom. The predicted octanol–water partition coefficient (Wildman–Crippen LogP) is 5.85. The Labute approximate surface area is 161 Å². The first-order valence-electron chi connectivity index (χ1n) is 9.24. The largest absolute Gasteiger partial charge is 0.322 e. The van der Waals surface area contributed by atoms with Crippen LogP contribution in [0, 0.1) is 20.8 Å². The number of urea groups is 1. The van der Waals surface area contributed by atoms with Crippen molar-refractivity contribution in [2.24, 2.45) is 0 Å². The van der Waals surface area contributed by atoms with Gasteiger partial charge in [0.05, 0.1) is 0 Å². The number of carbonyl (C=O) groups is 1. The van der Waals surface area contributed by atoms with E-state index in [9.17, 15) is 4.79 Å². The second-order valence-electron chi connectivity index (χ2n) is 7.01. The molecule has 27 heavy (non-hydrogen) atoms. The Hall–Kier alpha value is -3.07. The molecule has 0 bridgehead atoms. The van der Waals surface area contributed by atoms with E-state index in [-0.39, 0.29) is 6.03 Å². The lowest BCUT2D eigenvalue weighted by molar-refractivity contribution is 0.206. The van der Waals surface area contributed by atoms with Gasteiger partial charge in [-0.25, -0.2) is 4.79 Å². The van der Waals surface area contributed by atoms with Crippen LogP contribution < -0.4 is 5.32 Å². The van der Waals surface area contributed by atoms with E-state index >= 15 is 0 Å². The van der Waals surface area contributed by atoms with Gasteiger partial charge in [0.25, 0.3) is 0 Å². The molecule has 3 aromatic carbocycles. The van der Waals surface area contributed by atoms with Gasteiger partial charge in [0.2, 0.25) is 0 Å². The lowest BCUT2D eigenvalue weighted by atomic mass is 10.1. The average Bonchev–Trinajstić information content (AvgIpc) is 2.67. The quantitative estimate of drug-likeness (QED) is 0.610. The molecular formula is C24H26N2O. The predicted molar refractivity (Wildman–Crippen MR) is 112 cm³/mol. The molecule has 0 radical (unpaired) electrons. The summed E-state index contributed by atoms with van der Waals surface area (Å²) in [5.74, 6) is 0. The second kappa shape index (κ2) is 8.54. The van der Waals surface area contributed by atoms with E-state index in [1.54, 1.807) is 0 Å². The molecule has 3 heteroatoms. The highest BCUT2D eigenvalue weighted by Gasteiger charge is 2.16. The van der Waals surface area contributed by atoms with E-state index < -0.39 is 0 Å². The molecule has 0 saturated heterocycles. The lowest BCUT2D eigenvalue weighted by Gasteiger charge is -2.24. The van der Waals surface area contributed by atoms with Crippen LogP contribution in [-0.2, 0) is 13.1 Å². The van der Waals surface area contributed by atoms with Crippen molar-refractivity contribution >= 4 is 11.7 Å². The van der Waals surface area contributed by atoms with E-state index in [0.717, 1.165) is 22.4 Å². The molecule has 1 N–H and O–H groups in total. The molecule has 0 unspecified atom stereocenters. The lowest BCUT2D eigenvalue weighted by Crippen LogP contribution is -2.34. The van der Waals surface area contributed by atoms with Gasteiger partial charge in [-0.3, -0.25) is 0 Å². The van der Waals surface area contributed by atoms with Gasteiger partial charge in [-0.1, -0.05) is 66.7 Å². The normalized spacial score (nSPS) is 10.5. The van der Waals surface area contributed by atoms with Gasteiger partial charge in [-0.2, -0.15) is 0 Å². The van der Waals surface area contributed by atoms with Crippen LogP contribution in [0.1, 0.15) is 27.8 Å². The van der Waals surface area contributed by atoms with Crippen molar-refractivity contribution in [2.45, 2.75) is 33.9 Å². The second-order valence-corrected chi connectivity index (χ2v) is 7.01.